The molecule has 0 fully saturated rings. The normalized spacial score (nSPS) is 12.7. The number of nitrogens with one attached hydrogen (secondary N) is 1. The average molecular weight is 584 g/mol. The van der Waals surface area contributed by atoms with Gasteiger partial charge in [0.1, 0.15) is 24.2 Å². The van der Waals surface area contributed by atoms with Crippen molar-refractivity contribution >= 4 is 27.5 Å². The number of carbonyl (C=O) groups excluding carboxylic acids is 2. The Bertz CT molecular complexity index is 1410. The summed E-state index contributed by atoms with van der Waals surface area (Å²) in [6, 6.07) is 17.4. The van der Waals surface area contributed by atoms with Crippen molar-refractivity contribution < 1.29 is 27.1 Å². The summed E-state index contributed by atoms with van der Waals surface area (Å²) in [4.78, 5) is 28.4. The highest BCUT2D eigenvalue weighted by molar-refractivity contribution is 7.92. The maximum absolute atomic E-state index is 13.9. The smallest absolute Gasteiger partial charge is 0.264 e. The molecule has 2 atom stereocenters. The summed E-state index contributed by atoms with van der Waals surface area (Å²) in [6.45, 7) is 8.94. The van der Waals surface area contributed by atoms with Gasteiger partial charge in [0, 0.05) is 12.6 Å². The van der Waals surface area contributed by atoms with E-state index in [2.05, 4.69) is 5.32 Å². The lowest BCUT2D eigenvalue weighted by atomic mass is 10.1. The topological polar surface area (TPSA) is 96.0 Å². The molecule has 3 rings (SSSR count). The molecule has 41 heavy (non-hydrogen) atoms. The second-order valence-electron chi connectivity index (χ2n) is 9.89. The van der Waals surface area contributed by atoms with Crippen LogP contribution in [0.5, 0.6) is 5.75 Å². The van der Waals surface area contributed by atoms with Crippen molar-refractivity contribution in [2.75, 3.05) is 17.5 Å². The molecule has 3 aromatic carbocycles. The lowest BCUT2D eigenvalue weighted by Crippen LogP contribution is -2.52. The maximum atomic E-state index is 13.9. The summed E-state index contributed by atoms with van der Waals surface area (Å²) in [5, 5.41) is 2.89. The Morgan fingerprint density at radius 1 is 0.927 bits per heavy atom. The minimum Gasteiger partial charge on any atom is -0.494 e. The summed E-state index contributed by atoms with van der Waals surface area (Å²) < 4.78 is 47.9. The van der Waals surface area contributed by atoms with Gasteiger partial charge in [0.05, 0.1) is 17.2 Å². The van der Waals surface area contributed by atoms with Gasteiger partial charge >= 0.3 is 0 Å². The third kappa shape index (κ3) is 8.29. The lowest BCUT2D eigenvalue weighted by Gasteiger charge is -2.32. The van der Waals surface area contributed by atoms with Gasteiger partial charge in [-0.1, -0.05) is 36.8 Å². The zero-order valence-electron chi connectivity index (χ0n) is 24.1. The van der Waals surface area contributed by atoms with Gasteiger partial charge in [-0.25, -0.2) is 12.8 Å². The standard InChI is InChI=1S/C31H38FN3O5S/c1-6-23(4)33-31(37)24(5)34(20-25-10-12-26(32)13-11-25)30(36)21-35(27-14-16-28(17-15-27)40-7-2)41(38,39)29-18-8-22(3)9-19-29/h8-19,23-24H,6-7,20-21H2,1-5H3,(H,33,37)/t23-,24-/m1/s1. The van der Waals surface area contributed by atoms with Crippen LogP contribution < -0.4 is 14.4 Å². The van der Waals surface area contributed by atoms with Crippen LogP contribution in [-0.4, -0.2) is 50.4 Å². The highest BCUT2D eigenvalue weighted by Crippen LogP contribution is 2.27. The number of nitrogens with zero attached hydrogens (tertiary/aromatic N) is 2. The Hall–Kier alpha value is -3.92. The predicted molar refractivity (Wildman–Crippen MR) is 158 cm³/mol. The quantitative estimate of drug-likeness (QED) is 0.304. The van der Waals surface area contributed by atoms with Crippen molar-refractivity contribution in [3.05, 3.63) is 89.7 Å². The fraction of sp³-hybridized carbons (Fsp3) is 0.355. The fourth-order valence-electron chi connectivity index (χ4n) is 4.08. The highest BCUT2D eigenvalue weighted by Gasteiger charge is 2.32. The largest absolute Gasteiger partial charge is 0.494 e. The van der Waals surface area contributed by atoms with Gasteiger partial charge in [0.2, 0.25) is 11.8 Å². The van der Waals surface area contributed by atoms with Crippen LogP contribution in [0.1, 0.15) is 45.2 Å². The lowest BCUT2D eigenvalue weighted by molar-refractivity contribution is -0.139. The van der Waals surface area contributed by atoms with Crippen molar-refractivity contribution in [2.45, 2.75) is 64.6 Å². The van der Waals surface area contributed by atoms with Crippen LogP contribution in [0, 0.1) is 12.7 Å². The fourth-order valence-corrected chi connectivity index (χ4v) is 5.49. The molecule has 10 heteroatoms. The molecule has 8 nitrogen and oxygen atoms in total. The second kappa shape index (κ2) is 14.1. The molecule has 0 heterocycles. The summed E-state index contributed by atoms with van der Waals surface area (Å²) in [6.07, 6.45) is 0.699. The number of amides is 2. The minimum atomic E-state index is -4.18. The summed E-state index contributed by atoms with van der Waals surface area (Å²) >= 11 is 0. The van der Waals surface area contributed by atoms with Crippen LogP contribution in [0.15, 0.2) is 77.7 Å². The molecule has 2 amide bonds. The van der Waals surface area contributed by atoms with E-state index < -0.39 is 34.3 Å². The monoisotopic (exact) mass is 583 g/mol. The highest BCUT2D eigenvalue weighted by atomic mass is 32.2. The molecule has 0 saturated heterocycles. The third-order valence-corrected chi connectivity index (χ3v) is 8.55. The Kier molecular flexibility index (Phi) is 10.9. The number of hydrogen-bond acceptors (Lipinski definition) is 5. The first-order valence-corrected chi connectivity index (χ1v) is 15.1. The molecule has 0 aliphatic carbocycles. The predicted octanol–water partition coefficient (Wildman–Crippen LogP) is 5.06. The van der Waals surface area contributed by atoms with Crippen molar-refractivity contribution in [1.29, 1.82) is 0 Å². The van der Waals surface area contributed by atoms with Crippen LogP contribution >= 0.6 is 0 Å². The van der Waals surface area contributed by atoms with Gasteiger partial charge in [-0.15, -0.1) is 0 Å². The number of aryl methyl sites for hydroxylation is 1. The SMILES string of the molecule is CCOc1ccc(N(CC(=O)N(Cc2ccc(F)cc2)[C@H](C)C(=O)N[C@H](C)CC)S(=O)(=O)c2ccc(C)cc2)cc1. The van der Waals surface area contributed by atoms with Gasteiger partial charge in [-0.05, 0) is 88.2 Å². The summed E-state index contributed by atoms with van der Waals surface area (Å²) in [7, 11) is -4.18. The minimum absolute atomic E-state index is 0.0180. The van der Waals surface area contributed by atoms with E-state index in [4.69, 9.17) is 4.74 Å². The van der Waals surface area contributed by atoms with E-state index in [9.17, 15) is 22.4 Å². The number of sulfonamides is 1. The number of hydrogen-bond donors (Lipinski definition) is 1. The van der Waals surface area contributed by atoms with E-state index in [0.717, 1.165) is 9.87 Å². The first kappa shape index (κ1) is 31.6. The van der Waals surface area contributed by atoms with Crippen LogP contribution in [0.2, 0.25) is 0 Å². The van der Waals surface area contributed by atoms with Gasteiger partial charge in [0.25, 0.3) is 10.0 Å². The van der Waals surface area contributed by atoms with Gasteiger partial charge in [0.15, 0.2) is 0 Å². The van der Waals surface area contributed by atoms with Gasteiger partial charge in [-0.3, -0.25) is 13.9 Å². The molecule has 0 spiro atoms. The molecule has 0 saturated carbocycles. The molecule has 3 aromatic rings. The Morgan fingerprint density at radius 2 is 1.54 bits per heavy atom. The summed E-state index contributed by atoms with van der Waals surface area (Å²) in [5.74, 6) is -0.835. The molecule has 0 aromatic heterocycles. The van der Waals surface area contributed by atoms with Crippen molar-refractivity contribution in [3.63, 3.8) is 0 Å². The van der Waals surface area contributed by atoms with E-state index in [1.807, 2.05) is 27.7 Å². The molecule has 0 radical (unpaired) electrons. The average Bonchev–Trinajstić information content (AvgIpc) is 2.95. The first-order chi connectivity index (χ1) is 19.5. The van der Waals surface area contributed by atoms with E-state index in [1.165, 1.54) is 41.3 Å². The maximum Gasteiger partial charge on any atom is 0.264 e. The van der Waals surface area contributed by atoms with E-state index in [1.54, 1.807) is 43.3 Å². The van der Waals surface area contributed by atoms with Crippen LogP contribution in [0.25, 0.3) is 0 Å². The number of halogens is 1. The van der Waals surface area contributed by atoms with Crippen molar-refractivity contribution in [2.24, 2.45) is 0 Å². The van der Waals surface area contributed by atoms with Gasteiger partial charge in [-0.2, -0.15) is 0 Å². The summed E-state index contributed by atoms with van der Waals surface area (Å²) in [5.41, 5.74) is 1.75. The number of carbonyl (C=O) groups is 2. The first-order valence-electron chi connectivity index (χ1n) is 13.6. The number of anilines is 1. The Labute approximate surface area is 242 Å². The van der Waals surface area contributed by atoms with Crippen LogP contribution in [-0.2, 0) is 26.2 Å². The van der Waals surface area contributed by atoms with Gasteiger partial charge < -0.3 is 15.0 Å². The van der Waals surface area contributed by atoms with E-state index in [0.29, 0.717) is 24.3 Å². The molecule has 0 aliphatic rings. The van der Waals surface area contributed by atoms with Crippen LogP contribution in [0.4, 0.5) is 10.1 Å². The number of benzene rings is 3. The van der Waals surface area contributed by atoms with Crippen LogP contribution in [0.3, 0.4) is 0 Å². The zero-order valence-corrected chi connectivity index (χ0v) is 24.9. The molecule has 0 unspecified atom stereocenters. The molecule has 0 aliphatic heterocycles. The Morgan fingerprint density at radius 3 is 2.10 bits per heavy atom. The van der Waals surface area contributed by atoms with E-state index >= 15 is 0 Å². The second-order valence-corrected chi connectivity index (χ2v) is 11.8. The van der Waals surface area contributed by atoms with Crippen molar-refractivity contribution in [1.82, 2.24) is 10.2 Å². The molecular formula is C31H38FN3O5S. The number of rotatable bonds is 13. The molecular weight excluding hydrogens is 545 g/mol. The van der Waals surface area contributed by atoms with E-state index in [-0.39, 0.29) is 29.1 Å². The number of ether oxygens (including phenoxy) is 1. The zero-order chi connectivity index (χ0) is 30.2. The Balaban J connectivity index is 2.02. The molecule has 220 valence electrons. The molecule has 1 N–H and O–H groups in total. The molecule has 0 bridgehead atoms. The van der Waals surface area contributed by atoms with Crippen molar-refractivity contribution in [3.8, 4) is 5.75 Å². The third-order valence-electron chi connectivity index (χ3n) is 6.76.